The van der Waals surface area contributed by atoms with Crippen LogP contribution in [0.5, 0.6) is 0 Å². The number of thiocarbonyl (C=S) groups is 1. The van der Waals surface area contributed by atoms with Crippen LogP contribution in [0.3, 0.4) is 0 Å². The summed E-state index contributed by atoms with van der Waals surface area (Å²) >= 11 is 6.57. The first-order valence-corrected chi connectivity index (χ1v) is 8.79. The average Bonchev–Trinajstić information content (AvgIpc) is 2.82. The molecule has 0 unspecified atom stereocenters. The Morgan fingerprint density at radius 2 is 2.04 bits per heavy atom. The topological polar surface area (TPSA) is 46.6 Å². The average molecular weight is 361 g/mol. The Kier molecular flexibility index (Phi) is 6.75. The zero-order valence-electron chi connectivity index (χ0n) is 13.7. The lowest BCUT2D eigenvalue weighted by atomic mass is 10.1. The molecule has 24 heavy (non-hydrogen) atoms. The Bertz CT molecular complexity index is 695. The van der Waals surface area contributed by atoms with Crippen LogP contribution in [0.4, 0.5) is 0 Å². The van der Waals surface area contributed by atoms with Crippen molar-refractivity contribution in [2.45, 2.75) is 19.8 Å². The van der Waals surface area contributed by atoms with Crippen molar-refractivity contribution in [2.75, 3.05) is 13.7 Å². The van der Waals surface area contributed by atoms with Crippen LogP contribution in [0, 0.1) is 0 Å². The third kappa shape index (κ3) is 5.04. The first-order valence-electron chi connectivity index (χ1n) is 7.57. The highest BCUT2D eigenvalue weighted by Crippen LogP contribution is 2.32. The van der Waals surface area contributed by atoms with Crippen molar-refractivity contribution in [1.82, 2.24) is 4.90 Å². The van der Waals surface area contributed by atoms with Gasteiger partial charge >= 0.3 is 5.97 Å². The summed E-state index contributed by atoms with van der Waals surface area (Å²) in [6, 6.07) is 9.93. The molecule has 1 aromatic rings. The van der Waals surface area contributed by atoms with Gasteiger partial charge in [0.25, 0.3) is 5.91 Å². The van der Waals surface area contributed by atoms with Gasteiger partial charge in [-0.2, -0.15) is 0 Å². The summed E-state index contributed by atoms with van der Waals surface area (Å²) in [4.78, 5) is 25.8. The molecule has 0 aromatic heterocycles. The van der Waals surface area contributed by atoms with E-state index < -0.39 is 0 Å². The minimum atomic E-state index is -0.280. The minimum absolute atomic E-state index is 0.101. The molecule has 1 aliphatic heterocycles. The molecule has 1 saturated heterocycles. The van der Waals surface area contributed by atoms with Gasteiger partial charge in [-0.1, -0.05) is 60.4 Å². The van der Waals surface area contributed by atoms with E-state index in [0.29, 0.717) is 22.2 Å². The van der Waals surface area contributed by atoms with Gasteiger partial charge in [0.1, 0.15) is 4.32 Å². The normalized spacial score (nSPS) is 16.8. The monoisotopic (exact) mass is 361 g/mol. The molecule has 0 saturated carbocycles. The highest BCUT2D eigenvalue weighted by molar-refractivity contribution is 8.26. The maximum atomic E-state index is 12.5. The van der Waals surface area contributed by atoms with Gasteiger partial charge < -0.3 is 4.74 Å². The first-order chi connectivity index (χ1) is 11.5. The molecule has 0 aliphatic carbocycles. The molecule has 0 N–H and O–H groups in total. The summed E-state index contributed by atoms with van der Waals surface area (Å²) in [6.45, 7) is 2.38. The van der Waals surface area contributed by atoms with Crippen LogP contribution in [0.15, 0.2) is 46.9 Å². The number of hydrogen-bond donors (Lipinski definition) is 0. The Hall–Kier alpha value is -1.92. The van der Waals surface area contributed by atoms with Crippen molar-refractivity contribution in [3.8, 4) is 0 Å². The third-order valence-electron chi connectivity index (χ3n) is 3.42. The molecule has 0 atom stereocenters. The summed E-state index contributed by atoms with van der Waals surface area (Å²) in [5.74, 6) is -0.381. The SMILES string of the molecule is COC(=O)CCCN1C(=O)C(=CC(C)=Cc2ccccc2)SC1=S. The molecule has 0 spiro atoms. The summed E-state index contributed by atoms with van der Waals surface area (Å²) in [5.41, 5.74) is 2.07. The number of rotatable bonds is 6. The number of thioether (sulfide) groups is 1. The molecule has 1 heterocycles. The van der Waals surface area contributed by atoms with E-state index in [1.54, 1.807) is 4.90 Å². The Morgan fingerprint density at radius 3 is 2.71 bits per heavy atom. The third-order valence-corrected chi connectivity index (χ3v) is 4.79. The lowest BCUT2D eigenvalue weighted by Crippen LogP contribution is -2.29. The van der Waals surface area contributed by atoms with E-state index >= 15 is 0 Å². The molecule has 0 bridgehead atoms. The second-order valence-electron chi connectivity index (χ2n) is 5.31. The van der Waals surface area contributed by atoms with E-state index in [9.17, 15) is 9.59 Å². The van der Waals surface area contributed by atoms with Crippen LogP contribution in [0.25, 0.3) is 6.08 Å². The van der Waals surface area contributed by atoms with E-state index in [1.165, 1.54) is 18.9 Å². The molecule has 0 radical (unpaired) electrons. The number of methoxy groups -OCH3 is 1. The molecular weight excluding hydrogens is 342 g/mol. The van der Waals surface area contributed by atoms with Crippen molar-refractivity contribution < 1.29 is 14.3 Å². The Balaban J connectivity index is 2.02. The van der Waals surface area contributed by atoms with Crippen LogP contribution in [-0.4, -0.2) is 34.8 Å². The lowest BCUT2D eigenvalue weighted by Gasteiger charge is -2.13. The van der Waals surface area contributed by atoms with E-state index in [4.69, 9.17) is 12.2 Å². The largest absolute Gasteiger partial charge is 0.469 e. The predicted molar refractivity (Wildman–Crippen MR) is 101 cm³/mol. The second kappa shape index (κ2) is 8.80. The number of hydrogen-bond acceptors (Lipinski definition) is 5. The molecule has 1 aliphatic rings. The van der Waals surface area contributed by atoms with Crippen molar-refractivity contribution in [2.24, 2.45) is 0 Å². The predicted octanol–water partition coefficient (Wildman–Crippen LogP) is 3.79. The van der Waals surface area contributed by atoms with Crippen LogP contribution in [-0.2, 0) is 14.3 Å². The van der Waals surface area contributed by atoms with Gasteiger partial charge in [0, 0.05) is 13.0 Å². The number of esters is 1. The number of benzene rings is 1. The second-order valence-corrected chi connectivity index (χ2v) is 6.99. The molecule has 1 aromatic carbocycles. The number of carbonyl (C=O) groups is 2. The molecule has 2 rings (SSSR count). The van der Waals surface area contributed by atoms with E-state index in [0.717, 1.165) is 11.1 Å². The lowest BCUT2D eigenvalue weighted by molar-refractivity contribution is -0.141. The van der Waals surface area contributed by atoms with Gasteiger partial charge in [0.15, 0.2) is 0 Å². The van der Waals surface area contributed by atoms with Crippen LogP contribution >= 0.6 is 24.0 Å². The van der Waals surface area contributed by atoms with Gasteiger partial charge in [-0.15, -0.1) is 0 Å². The van der Waals surface area contributed by atoms with Crippen molar-refractivity contribution >= 4 is 46.3 Å². The summed E-state index contributed by atoms with van der Waals surface area (Å²) in [7, 11) is 1.35. The summed E-state index contributed by atoms with van der Waals surface area (Å²) < 4.78 is 5.13. The fraction of sp³-hybridized carbons (Fsp3) is 0.278. The number of ether oxygens (including phenoxy) is 1. The molecule has 126 valence electrons. The molecule has 1 fully saturated rings. The Morgan fingerprint density at radius 1 is 1.33 bits per heavy atom. The summed E-state index contributed by atoms with van der Waals surface area (Å²) in [6.07, 6.45) is 4.68. The van der Waals surface area contributed by atoms with Crippen LogP contribution < -0.4 is 0 Å². The molecular formula is C18H19NO3S2. The van der Waals surface area contributed by atoms with Gasteiger partial charge in [-0.05, 0) is 30.6 Å². The summed E-state index contributed by atoms with van der Waals surface area (Å²) in [5, 5.41) is 0. The quantitative estimate of drug-likeness (QED) is 0.438. The van der Waals surface area contributed by atoms with Crippen molar-refractivity contribution in [3.05, 3.63) is 52.4 Å². The maximum Gasteiger partial charge on any atom is 0.305 e. The highest BCUT2D eigenvalue weighted by atomic mass is 32.2. The molecule has 4 nitrogen and oxygen atoms in total. The maximum absolute atomic E-state index is 12.5. The molecule has 6 heteroatoms. The number of allylic oxidation sites excluding steroid dienone is 2. The van der Waals surface area contributed by atoms with Gasteiger partial charge in [0.05, 0.1) is 12.0 Å². The standard InChI is InChI=1S/C18H19NO3S2/c1-13(11-14-7-4-3-5-8-14)12-15-17(21)19(18(23)24-15)10-6-9-16(20)22-2/h3-5,7-8,11-12H,6,9-10H2,1-2H3. The Labute approximate surface area is 151 Å². The number of carbonyl (C=O) groups excluding carboxylic acids is 2. The van der Waals surface area contributed by atoms with Crippen LogP contribution in [0.1, 0.15) is 25.3 Å². The van der Waals surface area contributed by atoms with Crippen molar-refractivity contribution in [1.29, 1.82) is 0 Å². The zero-order valence-corrected chi connectivity index (χ0v) is 15.3. The van der Waals surface area contributed by atoms with E-state index in [1.807, 2.05) is 49.4 Å². The number of amides is 1. The fourth-order valence-corrected chi connectivity index (χ4v) is 3.60. The van der Waals surface area contributed by atoms with Gasteiger partial charge in [-0.25, -0.2) is 0 Å². The van der Waals surface area contributed by atoms with Crippen molar-refractivity contribution in [3.63, 3.8) is 0 Å². The fourth-order valence-electron chi connectivity index (χ4n) is 2.24. The van der Waals surface area contributed by atoms with Crippen LogP contribution in [0.2, 0.25) is 0 Å². The molecule has 1 amide bonds. The zero-order chi connectivity index (χ0) is 17.5. The van der Waals surface area contributed by atoms with Gasteiger partial charge in [0.2, 0.25) is 0 Å². The first kappa shape index (κ1) is 18.4. The smallest absolute Gasteiger partial charge is 0.305 e. The minimum Gasteiger partial charge on any atom is -0.469 e. The van der Waals surface area contributed by atoms with Gasteiger partial charge in [-0.3, -0.25) is 14.5 Å². The number of nitrogens with zero attached hydrogens (tertiary/aromatic N) is 1. The van der Waals surface area contributed by atoms with E-state index in [2.05, 4.69) is 4.74 Å². The highest BCUT2D eigenvalue weighted by Gasteiger charge is 2.31. The van der Waals surface area contributed by atoms with E-state index in [-0.39, 0.29) is 18.3 Å².